The van der Waals surface area contributed by atoms with Crippen LogP contribution in [0, 0.1) is 21.8 Å². The number of nitro benzene ring substituents is 1. The molecule has 27 heavy (non-hydrogen) atoms. The van der Waals surface area contributed by atoms with Crippen LogP contribution in [0.2, 0.25) is 0 Å². The van der Waals surface area contributed by atoms with E-state index in [0.717, 1.165) is 11.1 Å². The van der Waals surface area contributed by atoms with Crippen LogP contribution in [0.1, 0.15) is 11.1 Å². The number of nitro groups is 1. The van der Waals surface area contributed by atoms with Gasteiger partial charge in [-0.1, -0.05) is 29.8 Å². The van der Waals surface area contributed by atoms with Crippen molar-refractivity contribution < 1.29 is 14.4 Å². The van der Waals surface area contributed by atoms with Crippen molar-refractivity contribution in [2.75, 3.05) is 6.79 Å². The quantitative estimate of drug-likeness (QED) is 0.320. The number of aromatic amines is 1. The summed E-state index contributed by atoms with van der Waals surface area (Å²) in [4.78, 5) is 10.9. The fourth-order valence-electron chi connectivity index (χ4n) is 2.62. The first-order valence-electron chi connectivity index (χ1n) is 7.90. The van der Waals surface area contributed by atoms with Crippen molar-refractivity contribution in [3.63, 3.8) is 0 Å². The largest absolute Gasteiger partial charge is 0.454 e. The third-order valence-corrected chi connectivity index (χ3v) is 4.26. The molecule has 1 N–H and O–H groups in total. The van der Waals surface area contributed by atoms with Crippen LogP contribution in [-0.4, -0.2) is 32.8 Å². The molecule has 0 atom stereocenters. The van der Waals surface area contributed by atoms with Crippen LogP contribution in [0.5, 0.6) is 11.5 Å². The molecule has 9 nitrogen and oxygen atoms in total. The van der Waals surface area contributed by atoms with Crippen molar-refractivity contribution in [1.29, 1.82) is 0 Å². The van der Waals surface area contributed by atoms with Crippen LogP contribution in [-0.2, 0) is 0 Å². The molecule has 1 aliphatic heterocycles. The van der Waals surface area contributed by atoms with E-state index >= 15 is 0 Å². The van der Waals surface area contributed by atoms with Gasteiger partial charge < -0.3 is 9.47 Å². The Morgan fingerprint density at radius 1 is 1.30 bits per heavy atom. The van der Waals surface area contributed by atoms with Crippen LogP contribution in [0.3, 0.4) is 0 Å². The molecule has 10 heteroatoms. The number of hydrogen-bond donors (Lipinski definition) is 1. The highest BCUT2D eigenvalue weighted by atomic mass is 32.1. The molecular weight excluding hydrogens is 370 g/mol. The molecule has 3 aromatic rings. The number of nitrogens with one attached hydrogen (secondary N) is 1. The van der Waals surface area contributed by atoms with Crippen LogP contribution in [0.25, 0.3) is 11.4 Å². The predicted octanol–water partition coefficient (Wildman–Crippen LogP) is 3.44. The van der Waals surface area contributed by atoms with E-state index in [0.29, 0.717) is 17.3 Å². The molecule has 4 rings (SSSR count). The molecule has 136 valence electrons. The maximum atomic E-state index is 11.4. The molecule has 0 aliphatic carbocycles. The number of hydrogen-bond acceptors (Lipinski definition) is 7. The molecule has 0 spiro atoms. The van der Waals surface area contributed by atoms with E-state index in [1.165, 1.54) is 23.0 Å². The molecule has 0 unspecified atom stereocenters. The average Bonchev–Trinajstić information content (AvgIpc) is 3.25. The van der Waals surface area contributed by atoms with Crippen LogP contribution in [0.15, 0.2) is 41.5 Å². The summed E-state index contributed by atoms with van der Waals surface area (Å²) in [5.74, 6) is 1.26. The van der Waals surface area contributed by atoms with Gasteiger partial charge in [0, 0.05) is 5.56 Å². The van der Waals surface area contributed by atoms with Gasteiger partial charge in [-0.15, -0.1) is 0 Å². The second-order valence-electron chi connectivity index (χ2n) is 5.80. The molecule has 0 saturated heterocycles. The molecule has 0 fully saturated rings. The molecule has 2 heterocycles. The highest BCUT2D eigenvalue weighted by molar-refractivity contribution is 7.71. The van der Waals surface area contributed by atoms with E-state index in [1.54, 1.807) is 0 Å². The molecule has 0 radical (unpaired) electrons. The van der Waals surface area contributed by atoms with Gasteiger partial charge in [0.05, 0.1) is 22.8 Å². The molecule has 0 saturated carbocycles. The Morgan fingerprint density at radius 3 is 2.70 bits per heavy atom. The number of benzene rings is 2. The summed E-state index contributed by atoms with van der Waals surface area (Å²) < 4.78 is 12.2. The summed E-state index contributed by atoms with van der Waals surface area (Å²) in [6.45, 7) is 2.01. The van der Waals surface area contributed by atoms with E-state index in [-0.39, 0.29) is 22.8 Å². The van der Waals surface area contributed by atoms with Crippen molar-refractivity contribution in [2.45, 2.75) is 6.92 Å². The van der Waals surface area contributed by atoms with Gasteiger partial charge in [-0.05, 0) is 25.2 Å². The minimum absolute atomic E-state index is 0.0252. The maximum Gasteiger partial charge on any atom is 0.282 e. The van der Waals surface area contributed by atoms with Crippen molar-refractivity contribution in [1.82, 2.24) is 14.9 Å². The van der Waals surface area contributed by atoms with Gasteiger partial charge in [0.2, 0.25) is 11.6 Å². The molecule has 1 aliphatic rings. The van der Waals surface area contributed by atoms with Gasteiger partial charge in [0.1, 0.15) is 0 Å². The van der Waals surface area contributed by atoms with Gasteiger partial charge in [0.15, 0.2) is 17.3 Å². The average molecular weight is 383 g/mol. The topological polar surface area (TPSA) is 108 Å². The number of ether oxygens (including phenoxy) is 2. The van der Waals surface area contributed by atoms with Crippen molar-refractivity contribution in [3.05, 3.63) is 62.4 Å². The highest BCUT2D eigenvalue weighted by Crippen LogP contribution is 2.37. The normalized spacial score (nSPS) is 12.6. The molecule has 1 aromatic heterocycles. The standard InChI is InChI=1S/C17H13N5O4S/c1-10-2-4-11(5-3-10)16-19-20-17(27)21(16)18-8-12-6-14-15(26-9-25-14)7-13(12)22(23)24/h2-8H,9H2,1H3,(H,20,27)/b18-8-. The summed E-state index contributed by atoms with van der Waals surface area (Å²) >= 11 is 5.23. The Kier molecular flexibility index (Phi) is 4.16. The number of fused-ring (bicyclic) bond motifs is 1. The van der Waals surface area contributed by atoms with Gasteiger partial charge in [-0.3, -0.25) is 10.1 Å². The smallest absolute Gasteiger partial charge is 0.282 e. The van der Waals surface area contributed by atoms with Gasteiger partial charge >= 0.3 is 0 Å². The van der Waals surface area contributed by atoms with Crippen molar-refractivity contribution in [2.24, 2.45) is 5.10 Å². The lowest BCUT2D eigenvalue weighted by Crippen LogP contribution is -1.98. The number of aryl methyl sites for hydroxylation is 1. The monoisotopic (exact) mass is 383 g/mol. The second-order valence-corrected chi connectivity index (χ2v) is 6.18. The fourth-order valence-corrected chi connectivity index (χ4v) is 2.80. The van der Waals surface area contributed by atoms with Crippen molar-refractivity contribution >= 4 is 24.1 Å². The van der Waals surface area contributed by atoms with E-state index < -0.39 is 4.92 Å². The molecule has 0 bridgehead atoms. The minimum Gasteiger partial charge on any atom is -0.454 e. The summed E-state index contributed by atoms with van der Waals surface area (Å²) in [5, 5.41) is 22.6. The first-order chi connectivity index (χ1) is 13.0. The number of rotatable bonds is 4. The van der Waals surface area contributed by atoms with Crippen LogP contribution >= 0.6 is 12.2 Å². The van der Waals surface area contributed by atoms with Gasteiger partial charge in [-0.2, -0.15) is 14.9 Å². The Bertz CT molecular complexity index is 1120. The zero-order valence-corrected chi connectivity index (χ0v) is 14.9. The predicted molar refractivity (Wildman–Crippen MR) is 99.8 cm³/mol. The Morgan fingerprint density at radius 2 is 2.00 bits per heavy atom. The Hall–Kier alpha value is -3.53. The van der Waals surface area contributed by atoms with E-state index in [1.807, 2.05) is 31.2 Å². The zero-order valence-electron chi connectivity index (χ0n) is 14.1. The Balaban J connectivity index is 1.76. The number of nitrogens with zero attached hydrogens (tertiary/aromatic N) is 4. The molecule has 2 aromatic carbocycles. The number of H-pyrrole nitrogens is 1. The first kappa shape index (κ1) is 16.9. The lowest BCUT2D eigenvalue weighted by atomic mass is 10.1. The molecular formula is C17H13N5O4S. The summed E-state index contributed by atoms with van der Waals surface area (Å²) in [6, 6.07) is 10.5. The lowest BCUT2D eigenvalue weighted by molar-refractivity contribution is -0.385. The maximum absolute atomic E-state index is 11.4. The lowest BCUT2D eigenvalue weighted by Gasteiger charge is -2.03. The van der Waals surface area contributed by atoms with E-state index in [9.17, 15) is 10.1 Å². The number of aromatic nitrogens is 3. The second kappa shape index (κ2) is 6.65. The van der Waals surface area contributed by atoms with Gasteiger partial charge in [-0.25, -0.2) is 5.10 Å². The van der Waals surface area contributed by atoms with E-state index in [2.05, 4.69) is 15.3 Å². The third-order valence-electron chi connectivity index (χ3n) is 3.99. The zero-order chi connectivity index (χ0) is 19.0. The first-order valence-corrected chi connectivity index (χ1v) is 8.30. The fraction of sp³-hybridized carbons (Fsp3) is 0.118. The van der Waals surface area contributed by atoms with Crippen molar-refractivity contribution in [3.8, 4) is 22.9 Å². The van der Waals surface area contributed by atoms with E-state index in [4.69, 9.17) is 21.7 Å². The summed E-state index contributed by atoms with van der Waals surface area (Å²) in [7, 11) is 0. The third kappa shape index (κ3) is 3.17. The molecule has 0 amide bonds. The van der Waals surface area contributed by atoms with Gasteiger partial charge in [0.25, 0.3) is 5.69 Å². The highest BCUT2D eigenvalue weighted by Gasteiger charge is 2.22. The summed E-state index contributed by atoms with van der Waals surface area (Å²) in [5.41, 5.74) is 2.04. The summed E-state index contributed by atoms with van der Waals surface area (Å²) in [6.07, 6.45) is 1.35. The minimum atomic E-state index is -0.501. The van der Waals surface area contributed by atoms with Crippen LogP contribution < -0.4 is 9.47 Å². The van der Waals surface area contributed by atoms with Crippen LogP contribution in [0.4, 0.5) is 5.69 Å². The SMILES string of the molecule is Cc1ccc(-c2n[nH]c(=S)n2/N=C\c2cc3c(cc2[N+](=O)[O-])OCO3)cc1. The Labute approximate surface area is 158 Å².